The van der Waals surface area contributed by atoms with Gasteiger partial charge in [-0.1, -0.05) is 0 Å². The van der Waals surface area contributed by atoms with Gasteiger partial charge in [0, 0.05) is 6.54 Å². The van der Waals surface area contributed by atoms with Gasteiger partial charge in [0.1, 0.15) is 5.54 Å². The second-order valence-corrected chi connectivity index (χ2v) is 3.07. The van der Waals surface area contributed by atoms with Crippen molar-refractivity contribution in [2.24, 2.45) is 0 Å². The molecule has 0 radical (unpaired) electrons. The first-order valence-corrected chi connectivity index (χ1v) is 3.91. The molecule has 0 saturated carbocycles. The predicted molar refractivity (Wildman–Crippen MR) is 40.0 cm³/mol. The molecule has 0 aromatic heterocycles. The van der Waals surface area contributed by atoms with Crippen molar-refractivity contribution < 1.29 is 18.0 Å². The lowest BCUT2D eigenvalue weighted by atomic mass is 10.0. The SMILES string of the molecule is N#CC1(NC(=O)C(F)(F)F)CCNC1. The molecule has 4 nitrogen and oxygen atoms in total. The van der Waals surface area contributed by atoms with Crippen LogP contribution in [0, 0.1) is 11.3 Å². The first-order chi connectivity index (χ1) is 6.40. The summed E-state index contributed by atoms with van der Waals surface area (Å²) >= 11 is 0. The van der Waals surface area contributed by atoms with Crippen LogP contribution in [0.25, 0.3) is 0 Å². The lowest BCUT2D eigenvalue weighted by Crippen LogP contribution is -2.53. The van der Waals surface area contributed by atoms with Gasteiger partial charge in [-0.3, -0.25) is 4.79 Å². The van der Waals surface area contributed by atoms with E-state index in [-0.39, 0.29) is 13.0 Å². The second kappa shape index (κ2) is 3.46. The molecule has 1 amide bonds. The van der Waals surface area contributed by atoms with Gasteiger partial charge in [0.15, 0.2) is 0 Å². The van der Waals surface area contributed by atoms with Gasteiger partial charge in [0.05, 0.1) is 6.07 Å². The fourth-order valence-electron chi connectivity index (χ4n) is 1.21. The number of hydrogen-bond donors (Lipinski definition) is 2. The highest BCUT2D eigenvalue weighted by Crippen LogP contribution is 2.19. The zero-order valence-electron chi connectivity index (χ0n) is 7.11. The third-order valence-corrected chi connectivity index (χ3v) is 1.98. The van der Waals surface area contributed by atoms with Crippen LogP contribution in [0.15, 0.2) is 0 Å². The highest BCUT2D eigenvalue weighted by atomic mass is 19.4. The Morgan fingerprint density at radius 3 is 2.57 bits per heavy atom. The van der Waals surface area contributed by atoms with E-state index in [2.05, 4.69) is 5.32 Å². The number of carbonyl (C=O) groups is 1. The van der Waals surface area contributed by atoms with Gasteiger partial charge in [-0.25, -0.2) is 0 Å². The summed E-state index contributed by atoms with van der Waals surface area (Å²) in [6, 6.07) is 1.69. The second-order valence-electron chi connectivity index (χ2n) is 3.07. The molecule has 1 fully saturated rings. The molecular formula is C7H8F3N3O. The summed E-state index contributed by atoms with van der Waals surface area (Å²) in [6.45, 7) is 0.469. The smallest absolute Gasteiger partial charge is 0.329 e. The molecule has 1 aliphatic heterocycles. The first kappa shape index (κ1) is 10.8. The van der Waals surface area contributed by atoms with Crippen molar-refractivity contribution in [2.75, 3.05) is 13.1 Å². The molecule has 1 saturated heterocycles. The molecule has 78 valence electrons. The molecule has 1 atom stereocenters. The number of carbonyl (C=O) groups excluding carboxylic acids is 1. The molecule has 0 spiro atoms. The minimum atomic E-state index is -4.94. The number of amides is 1. The Morgan fingerprint density at radius 1 is 1.57 bits per heavy atom. The number of nitriles is 1. The van der Waals surface area contributed by atoms with E-state index in [0.717, 1.165) is 0 Å². The number of nitrogens with one attached hydrogen (secondary N) is 2. The maximum absolute atomic E-state index is 11.9. The van der Waals surface area contributed by atoms with Gasteiger partial charge in [-0.2, -0.15) is 18.4 Å². The quantitative estimate of drug-likeness (QED) is 0.632. The van der Waals surface area contributed by atoms with Crippen LogP contribution in [0.4, 0.5) is 13.2 Å². The van der Waals surface area contributed by atoms with Crippen LogP contribution in [-0.4, -0.2) is 30.7 Å². The molecule has 0 bridgehead atoms. The monoisotopic (exact) mass is 207 g/mol. The van der Waals surface area contributed by atoms with E-state index in [1.165, 1.54) is 0 Å². The molecular weight excluding hydrogens is 199 g/mol. The lowest BCUT2D eigenvalue weighted by molar-refractivity contribution is -0.175. The standard InChI is InChI=1S/C7H8F3N3O/c8-7(9,10)5(14)13-6(3-11)1-2-12-4-6/h12H,1-2,4H2,(H,13,14). The third kappa shape index (κ3) is 2.14. The van der Waals surface area contributed by atoms with Gasteiger partial charge >= 0.3 is 12.1 Å². The van der Waals surface area contributed by atoms with Crippen molar-refractivity contribution in [1.82, 2.24) is 10.6 Å². The minimum Gasteiger partial charge on any atom is -0.329 e. The highest BCUT2D eigenvalue weighted by Gasteiger charge is 2.45. The molecule has 0 aromatic carbocycles. The summed E-state index contributed by atoms with van der Waals surface area (Å²) in [6.07, 6.45) is -4.75. The third-order valence-electron chi connectivity index (χ3n) is 1.98. The van der Waals surface area contributed by atoms with Crippen molar-refractivity contribution in [2.45, 2.75) is 18.1 Å². The lowest BCUT2D eigenvalue weighted by Gasteiger charge is -2.21. The van der Waals surface area contributed by atoms with Crippen molar-refractivity contribution in [1.29, 1.82) is 5.26 Å². The average molecular weight is 207 g/mol. The Kier molecular flexibility index (Phi) is 2.66. The van der Waals surface area contributed by atoms with Gasteiger partial charge in [-0.05, 0) is 13.0 Å². The zero-order valence-corrected chi connectivity index (χ0v) is 7.11. The molecule has 2 N–H and O–H groups in total. The van der Waals surface area contributed by atoms with E-state index in [0.29, 0.717) is 6.54 Å². The fraction of sp³-hybridized carbons (Fsp3) is 0.714. The predicted octanol–water partition coefficient (Wildman–Crippen LogP) is -0.0794. The van der Waals surface area contributed by atoms with E-state index in [9.17, 15) is 18.0 Å². The van der Waals surface area contributed by atoms with Crippen molar-refractivity contribution in [3.63, 3.8) is 0 Å². The van der Waals surface area contributed by atoms with Crippen molar-refractivity contribution in [3.05, 3.63) is 0 Å². The van der Waals surface area contributed by atoms with Crippen LogP contribution in [0.5, 0.6) is 0 Å². The van der Waals surface area contributed by atoms with Crippen molar-refractivity contribution >= 4 is 5.91 Å². The summed E-state index contributed by atoms with van der Waals surface area (Å²) in [5, 5.41) is 13.1. The Labute approximate surface area is 78.1 Å². The minimum absolute atomic E-state index is 0.0469. The number of nitrogens with zero attached hydrogens (tertiary/aromatic N) is 1. The molecule has 14 heavy (non-hydrogen) atoms. The zero-order chi connectivity index (χ0) is 10.8. The first-order valence-electron chi connectivity index (χ1n) is 3.91. The van der Waals surface area contributed by atoms with Crippen LogP contribution in [0.3, 0.4) is 0 Å². The summed E-state index contributed by atoms with van der Waals surface area (Å²) in [5.41, 5.74) is -1.41. The number of halogens is 3. The van der Waals surface area contributed by atoms with Gasteiger partial charge < -0.3 is 10.6 Å². The van der Waals surface area contributed by atoms with E-state index in [4.69, 9.17) is 5.26 Å². The summed E-state index contributed by atoms with van der Waals surface area (Å²) in [7, 11) is 0. The molecule has 1 aliphatic rings. The average Bonchev–Trinajstić information content (AvgIpc) is 2.52. The van der Waals surface area contributed by atoms with Crippen LogP contribution < -0.4 is 10.6 Å². The van der Waals surface area contributed by atoms with E-state index in [1.54, 1.807) is 11.4 Å². The van der Waals surface area contributed by atoms with Crippen LogP contribution >= 0.6 is 0 Å². The van der Waals surface area contributed by atoms with Crippen LogP contribution in [0.2, 0.25) is 0 Å². The summed E-state index contributed by atoms with van der Waals surface area (Å²) in [4.78, 5) is 10.6. The van der Waals surface area contributed by atoms with Crippen LogP contribution in [0.1, 0.15) is 6.42 Å². The van der Waals surface area contributed by atoms with Gasteiger partial charge in [-0.15, -0.1) is 0 Å². The van der Waals surface area contributed by atoms with Crippen LogP contribution in [-0.2, 0) is 4.79 Å². The molecule has 0 aliphatic carbocycles. The maximum Gasteiger partial charge on any atom is 0.471 e. The van der Waals surface area contributed by atoms with E-state index >= 15 is 0 Å². The maximum atomic E-state index is 11.9. The Bertz CT molecular complexity index is 275. The Balaban J connectivity index is 2.67. The van der Waals surface area contributed by atoms with E-state index < -0.39 is 17.6 Å². The molecule has 0 aromatic rings. The number of hydrogen-bond acceptors (Lipinski definition) is 3. The highest BCUT2D eigenvalue weighted by molar-refractivity contribution is 5.82. The normalized spacial score (nSPS) is 27.0. The van der Waals surface area contributed by atoms with Gasteiger partial charge in [0.2, 0.25) is 0 Å². The Morgan fingerprint density at radius 2 is 2.21 bits per heavy atom. The fourth-order valence-corrected chi connectivity index (χ4v) is 1.21. The molecule has 1 rings (SSSR count). The molecule has 7 heteroatoms. The molecule has 1 unspecified atom stereocenters. The van der Waals surface area contributed by atoms with Gasteiger partial charge in [0.25, 0.3) is 0 Å². The van der Waals surface area contributed by atoms with E-state index in [1.807, 2.05) is 0 Å². The molecule has 1 heterocycles. The largest absolute Gasteiger partial charge is 0.471 e. The number of rotatable bonds is 1. The number of alkyl halides is 3. The topological polar surface area (TPSA) is 64.9 Å². The summed E-state index contributed by atoms with van der Waals surface area (Å²) < 4.78 is 35.6. The summed E-state index contributed by atoms with van der Waals surface area (Å²) in [5.74, 6) is -2.07. The Hall–Kier alpha value is -1.29. The van der Waals surface area contributed by atoms with Crippen molar-refractivity contribution in [3.8, 4) is 6.07 Å².